The Hall–Kier alpha value is -2.25. The van der Waals surface area contributed by atoms with Crippen LogP contribution in [0.2, 0.25) is 0 Å². The Labute approximate surface area is 171 Å². The van der Waals surface area contributed by atoms with Crippen LogP contribution in [0.1, 0.15) is 11.4 Å². The molecule has 0 aliphatic rings. The summed E-state index contributed by atoms with van der Waals surface area (Å²) in [5, 5.41) is 9.48. The van der Waals surface area contributed by atoms with Gasteiger partial charge in [-0.15, -0.1) is 16.8 Å². The third-order valence-corrected chi connectivity index (χ3v) is 5.38. The molecule has 5 nitrogen and oxygen atoms in total. The van der Waals surface area contributed by atoms with Gasteiger partial charge in [0.1, 0.15) is 6.61 Å². The van der Waals surface area contributed by atoms with Gasteiger partial charge >= 0.3 is 0 Å². The highest BCUT2D eigenvalue weighted by Gasteiger charge is 2.13. The van der Waals surface area contributed by atoms with Crippen LogP contribution >= 0.6 is 27.7 Å². The molecule has 2 aromatic carbocycles. The monoisotopic (exact) mass is 445 g/mol. The fraction of sp³-hybridized carbons (Fsp3) is 0.200. The second kappa shape index (κ2) is 9.62. The highest BCUT2D eigenvalue weighted by atomic mass is 79.9. The standard InChI is InChI=1S/C20H20BrN3O2S/c1-3-12-24-19(13-26-18-7-5-4-6-17(18)25-2)22-23-20(24)27-14-15-8-10-16(21)11-9-15/h3-11H,1,12-14H2,2H3. The highest BCUT2D eigenvalue weighted by Crippen LogP contribution is 2.27. The van der Waals surface area contributed by atoms with Gasteiger partial charge < -0.3 is 9.47 Å². The topological polar surface area (TPSA) is 49.2 Å². The molecule has 140 valence electrons. The summed E-state index contributed by atoms with van der Waals surface area (Å²) in [5.41, 5.74) is 1.23. The van der Waals surface area contributed by atoms with Gasteiger partial charge in [0.05, 0.1) is 7.11 Å². The molecule has 0 fully saturated rings. The number of thioether (sulfide) groups is 1. The Balaban J connectivity index is 1.70. The van der Waals surface area contributed by atoms with Gasteiger partial charge in [-0.1, -0.05) is 58.0 Å². The Kier molecular flexibility index (Phi) is 6.95. The van der Waals surface area contributed by atoms with Gasteiger partial charge in [-0.2, -0.15) is 0 Å². The molecule has 0 aliphatic heterocycles. The predicted molar refractivity (Wildman–Crippen MR) is 111 cm³/mol. The van der Waals surface area contributed by atoms with E-state index in [0.717, 1.165) is 21.2 Å². The van der Waals surface area contributed by atoms with E-state index in [-0.39, 0.29) is 0 Å². The number of halogens is 1. The lowest BCUT2D eigenvalue weighted by Crippen LogP contribution is -2.08. The second-order valence-corrected chi connectivity index (χ2v) is 7.51. The first-order valence-corrected chi connectivity index (χ1v) is 10.1. The number of methoxy groups -OCH3 is 1. The Morgan fingerprint density at radius 3 is 2.56 bits per heavy atom. The molecule has 3 rings (SSSR count). The van der Waals surface area contributed by atoms with Crippen molar-refractivity contribution in [2.75, 3.05) is 7.11 Å². The zero-order chi connectivity index (χ0) is 19.1. The zero-order valence-corrected chi connectivity index (χ0v) is 17.4. The average molecular weight is 446 g/mol. The smallest absolute Gasteiger partial charge is 0.191 e. The van der Waals surface area contributed by atoms with E-state index in [4.69, 9.17) is 9.47 Å². The first-order valence-electron chi connectivity index (χ1n) is 8.37. The maximum Gasteiger partial charge on any atom is 0.191 e. The summed E-state index contributed by atoms with van der Waals surface area (Å²) in [6.45, 7) is 4.77. The van der Waals surface area contributed by atoms with Gasteiger partial charge in [0.2, 0.25) is 0 Å². The Morgan fingerprint density at radius 2 is 1.85 bits per heavy atom. The maximum absolute atomic E-state index is 5.89. The molecule has 3 aromatic rings. The minimum Gasteiger partial charge on any atom is -0.493 e. The summed E-state index contributed by atoms with van der Waals surface area (Å²) in [6.07, 6.45) is 1.83. The number of nitrogens with zero attached hydrogens (tertiary/aromatic N) is 3. The average Bonchev–Trinajstić information content (AvgIpc) is 3.08. The van der Waals surface area contributed by atoms with Crippen molar-refractivity contribution in [3.05, 3.63) is 77.0 Å². The van der Waals surface area contributed by atoms with Crippen LogP contribution in [0.25, 0.3) is 0 Å². The number of ether oxygens (including phenoxy) is 2. The molecule has 7 heteroatoms. The lowest BCUT2D eigenvalue weighted by atomic mass is 10.2. The number of rotatable bonds is 9. The first-order chi connectivity index (χ1) is 13.2. The van der Waals surface area contributed by atoms with E-state index in [1.54, 1.807) is 18.9 Å². The Morgan fingerprint density at radius 1 is 1.11 bits per heavy atom. The van der Waals surface area contributed by atoms with E-state index >= 15 is 0 Å². The van der Waals surface area contributed by atoms with Crippen LogP contribution in [-0.2, 0) is 18.9 Å². The van der Waals surface area contributed by atoms with E-state index in [1.165, 1.54) is 5.56 Å². The number of para-hydroxylation sites is 2. The third kappa shape index (κ3) is 5.14. The highest BCUT2D eigenvalue weighted by molar-refractivity contribution is 9.10. The fourth-order valence-electron chi connectivity index (χ4n) is 2.45. The number of allylic oxidation sites excluding steroid dienone is 1. The minimum absolute atomic E-state index is 0.306. The SMILES string of the molecule is C=CCn1c(COc2ccccc2OC)nnc1SCc1ccc(Br)cc1. The van der Waals surface area contributed by atoms with Crippen LogP contribution in [0, 0.1) is 0 Å². The van der Waals surface area contributed by atoms with Gasteiger partial charge in [0.15, 0.2) is 22.5 Å². The van der Waals surface area contributed by atoms with E-state index in [9.17, 15) is 0 Å². The lowest BCUT2D eigenvalue weighted by Gasteiger charge is -2.11. The molecule has 0 N–H and O–H groups in total. The molecule has 0 aliphatic carbocycles. The van der Waals surface area contributed by atoms with E-state index in [2.05, 4.69) is 44.8 Å². The molecule has 0 unspecified atom stereocenters. The minimum atomic E-state index is 0.306. The van der Waals surface area contributed by atoms with Gasteiger partial charge in [0.25, 0.3) is 0 Å². The van der Waals surface area contributed by atoms with E-state index in [1.807, 2.05) is 47.0 Å². The molecular weight excluding hydrogens is 426 g/mol. The number of hydrogen-bond donors (Lipinski definition) is 0. The summed E-state index contributed by atoms with van der Waals surface area (Å²) >= 11 is 5.10. The van der Waals surface area contributed by atoms with Crippen molar-refractivity contribution >= 4 is 27.7 Å². The van der Waals surface area contributed by atoms with Crippen molar-refractivity contribution in [2.24, 2.45) is 0 Å². The van der Waals surface area contributed by atoms with E-state index < -0.39 is 0 Å². The van der Waals surface area contributed by atoms with Gasteiger partial charge in [0, 0.05) is 16.8 Å². The molecule has 0 atom stereocenters. The van der Waals surface area contributed by atoms with Crippen molar-refractivity contribution < 1.29 is 9.47 Å². The summed E-state index contributed by atoms with van der Waals surface area (Å²) in [6, 6.07) is 15.8. The van der Waals surface area contributed by atoms with Crippen molar-refractivity contribution in [3.63, 3.8) is 0 Å². The zero-order valence-electron chi connectivity index (χ0n) is 15.0. The van der Waals surface area contributed by atoms with Crippen molar-refractivity contribution in [3.8, 4) is 11.5 Å². The van der Waals surface area contributed by atoms with Crippen LogP contribution < -0.4 is 9.47 Å². The third-order valence-electron chi connectivity index (χ3n) is 3.81. The van der Waals surface area contributed by atoms with Crippen LogP contribution in [-0.4, -0.2) is 21.9 Å². The van der Waals surface area contributed by atoms with Crippen LogP contribution in [0.5, 0.6) is 11.5 Å². The normalized spacial score (nSPS) is 10.6. The molecule has 1 heterocycles. The van der Waals surface area contributed by atoms with Gasteiger partial charge in [-0.3, -0.25) is 4.57 Å². The van der Waals surface area contributed by atoms with E-state index in [0.29, 0.717) is 24.7 Å². The van der Waals surface area contributed by atoms with Crippen molar-refractivity contribution in [1.82, 2.24) is 14.8 Å². The van der Waals surface area contributed by atoms with Crippen LogP contribution in [0.4, 0.5) is 0 Å². The molecule has 27 heavy (non-hydrogen) atoms. The summed E-state index contributed by atoms with van der Waals surface area (Å²) in [7, 11) is 1.62. The summed E-state index contributed by atoms with van der Waals surface area (Å²) in [5.74, 6) is 2.93. The number of aromatic nitrogens is 3. The van der Waals surface area contributed by atoms with Crippen molar-refractivity contribution in [2.45, 2.75) is 24.1 Å². The maximum atomic E-state index is 5.89. The molecule has 1 aromatic heterocycles. The second-order valence-electron chi connectivity index (χ2n) is 5.65. The summed E-state index contributed by atoms with van der Waals surface area (Å²) in [4.78, 5) is 0. The summed E-state index contributed by atoms with van der Waals surface area (Å²) < 4.78 is 14.3. The molecule has 0 amide bonds. The first kappa shape index (κ1) is 19.5. The molecular formula is C20H20BrN3O2S. The molecule has 0 saturated heterocycles. The molecule has 0 saturated carbocycles. The quantitative estimate of drug-likeness (QED) is 0.338. The molecule has 0 bridgehead atoms. The van der Waals surface area contributed by atoms with Crippen LogP contribution in [0.15, 0.2) is 70.8 Å². The number of hydrogen-bond acceptors (Lipinski definition) is 5. The van der Waals surface area contributed by atoms with Crippen molar-refractivity contribution in [1.29, 1.82) is 0 Å². The predicted octanol–water partition coefficient (Wildman–Crippen LogP) is 5.11. The van der Waals surface area contributed by atoms with Crippen LogP contribution in [0.3, 0.4) is 0 Å². The molecule has 0 spiro atoms. The Bertz CT molecular complexity index is 896. The fourth-order valence-corrected chi connectivity index (χ4v) is 3.64. The largest absolute Gasteiger partial charge is 0.493 e. The van der Waals surface area contributed by atoms with Gasteiger partial charge in [-0.25, -0.2) is 0 Å². The molecule has 0 radical (unpaired) electrons. The number of benzene rings is 2. The lowest BCUT2D eigenvalue weighted by molar-refractivity contribution is 0.271. The van der Waals surface area contributed by atoms with Gasteiger partial charge in [-0.05, 0) is 29.8 Å².